The number of carbonyl (C=O) groups is 1. The number of hydrogen-bond donors (Lipinski definition) is 0. The highest BCUT2D eigenvalue weighted by atomic mass is 32.2. The lowest BCUT2D eigenvalue weighted by Gasteiger charge is -2.33. The Labute approximate surface area is 151 Å². The predicted molar refractivity (Wildman–Crippen MR) is 89.4 cm³/mol. The fraction of sp³-hybridized carbons (Fsp3) is 0.333. The number of sulfonamides is 1. The zero-order valence-electron chi connectivity index (χ0n) is 13.5. The van der Waals surface area contributed by atoms with Crippen molar-refractivity contribution < 1.29 is 26.4 Å². The first-order chi connectivity index (χ1) is 12.1. The minimum atomic E-state index is -4.62. The number of piperazine rings is 1. The fourth-order valence-electron chi connectivity index (χ4n) is 2.55. The second-order valence-corrected chi connectivity index (χ2v) is 9.10. The van der Waals surface area contributed by atoms with E-state index >= 15 is 0 Å². The molecule has 26 heavy (non-hydrogen) atoms. The molecule has 3 rings (SSSR count). The lowest BCUT2D eigenvalue weighted by Crippen LogP contribution is -2.52. The highest BCUT2D eigenvalue weighted by Gasteiger charge is 2.36. The number of aromatic nitrogens is 1. The van der Waals surface area contributed by atoms with Crippen LogP contribution in [0.2, 0.25) is 0 Å². The summed E-state index contributed by atoms with van der Waals surface area (Å²) in [5, 5.41) is 0. The summed E-state index contributed by atoms with van der Waals surface area (Å²) >= 11 is 1.10. The second kappa shape index (κ2) is 6.63. The van der Waals surface area contributed by atoms with Crippen LogP contribution in [-0.2, 0) is 21.0 Å². The Kier molecular flexibility index (Phi) is 4.80. The normalized spacial score (nSPS) is 16.9. The zero-order valence-corrected chi connectivity index (χ0v) is 15.2. The van der Waals surface area contributed by atoms with Gasteiger partial charge < -0.3 is 4.90 Å². The average molecular weight is 405 g/mol. The van der Waals surface area contributed by atoms with E-state index in [1.54, 1.807) is 13.0 Å². The third-order valence-electron chi connectivity index (χ3n) is 3.84. The van der Waals surface area contributed by atoms with Crippen LogP contribution in [0.4, 0.5) is 18.9 Å². The smallest absolute Gasteiger partial charge is 0.310 e. The van der Waals surface area contributed by atoms with Gasteiger partial charge in [0, 0.05) is 29.9 Å². The molecule has 0 aliphatic carbocycles. The van der Waals surface area contributed by atoms with Crippen molar-refractivity contribution in [2.45, 2.75) is 17.3 Å². The van der Waals surface area contributed by atoms with Gasteiger partial charge in [-0.25, -0.2) is 8.42 Å². The molecule has 1 aliphatic rings. The summed E-state index contributed by atoms with van der Waals surface area (Å²) in [7, 11) is -3.80. The van der Waals surface area contributed by atoms with Gasteiger partial charge in [0.1, 0.15) is 9.90 Å². The number of carbonyl (C=O) groups excluding carboxylic acids is 1. The van der Waals surface area contributed by atoms with E-state index in [0.717, 1.165) is 37.7 Å². The first-order valence-corrected chi connectivity index (χ1v) is 9.75. The molecule has 0 aromatic carbocycles. The Hall–Kier alpha value is -1.98. The molecule has 1 aliphatic heterocycles. The maximum Gasteiger partial charge on any atom is 0.433 e. The summed E-state index contributed by atoms with van der Waals surface area (Å²) in [5.74, 6) is -0.590. The van der Waals surface area contributed by atoms with Crippen LogP contribution in [0.1, 0.15) is 10.6 Å². The molecular weight excluding hydrogens is 391 g/mol. The maximum atomic E-state index is 12.8. The first-order valence-electron chi connectivity index (χ1n) is 7.49. The molecule has 11 heteroatoms. The van der Waals surface area contributed by atoms with Crippen LogP contribution >= 0.6 is 11.3 Å². The number of halogens is 3. The van der Waals surface area contributed by atoms with Gasteiger partial charge >= 0.3 is 6.18 Å². The quantitative estimate of drug-likeness (QED) is 0.787. The van der Waals surface area contributed by atoms with Crippen LogP contribution in [0.5, 0.6) is 0 Å². The highest BCUT2D eigenvalue weighted by Crippen LogP contribution is 2.31. The van der Waals surface area contributed by atoms with Gasteiger partial charge in [0.05, 0.1) is 6.54 Å². The summed E-state index contributed by atoms with van der Waals surface area (Å²) in [4.78, 5) is 17.6. The monoisotopic (exact) mass is 405 g/mol. The van der Waals surface area contributed by atoms with Gasteiger partial charge in [0.25, 0.3) is 10.0 Å². The third kappa shape index (κ3) is 3.60. The summed E-state index contributed by atoms with van der Waals surface area (Å²) < 4.78 is 64.7. The molecule has 0 spiro atoms. The molecule has 1 fully saturated rings. The van der Waals surface area contributed by atoms with Gasteiger partial charge in [0.2, 0.25) is 5.91 Å². The molecule has 3 heterocycles. The van der Waals surface area contributed by atoms with E-state index in [4.69, 9.17) is 0 Å². The molecule has 0 atom stereocenters. The molecule has 2 aromatic rings. The van der Waals surface area contributed by atoms with Gasteiger partial charge in [-0.1, -0.05) is 0 Å². The van der Waals surface area contributed by atoms with E-state index in [9.17, 15) is 26.4 Å². The van der Waals surface area contributed by atoms with Crippen LogP contribution in [0, 0.1) is 6.92 Å². The molecule has 1 amide bonds. The van der Waals surface area contributed by atoms with Gasteiger partial charge in [-0.3, -0.25) is 9.78 Å². The second-order valence-electron chi connectivity index (χ2n) is 5.65. The Balaban J connectivity index is 1.80. The van der Waals surface area contributed by atoms with E-state index in [1.807, 2.05) is 0 Å². The van der Waals surface area contributed by atoms with Crippen molar-refractivity contribution in [2.24, 2.45) is 0 Å². The predicted octanol–water partition coefficient (Wildman–Crippen LogP) is 2.51. The van der Waals surface area contributed by atoms with E-state index in [-0.39, 0.29) is 23.0 Å². The van der Waals surface area contributed by atoms with Crippen LogP contribution < -0.4 is 4.90 Å². The van der Waals surface area contributed by atoms with E-state index in [0.29, 0.717) is 0 Å². The summed E-state index contributed by atoms with van der Waals surface area (Å²) in [5.41, 5.74) is -1.06. The minimum Gasteiger partial charge on any atom is -0.310 e. The first kappa shape index (κ1) is 18.8. The van der Waals surface area contributed by atoms with Crippen molar-refractivity contribution in [3.05, 3.63) is 41.0 Å². The minimum absolute atomic E-state index is 0.00526. The molecule has 0 N–H and O–H groups in total. The highest BCUT2D eigenvalue weighted by molar-refractivity contribution is 7.91. The van der Waals surface area contributed by atoms with Crippen molar-refractivity contribution in [3.8, 4) is 0 Å². The van der Waals surface area contributed by atoms with Crippen LogP contribution in [0.25, 0.3) is 0 Å². The lowest BCUT2D eigenvalue weighted by atomic mass is 10.2. The molecule has 140 valence electrons. The van der Waals surface area contributed by atoms with Crippen LogP contribution in [0.15, 0.2) is 34.7 Å². The third-order valence-corrected chi connectivity index (χ3v) is 7.15. The molecular formula is C15H14F3N3O3S2. The largest absolute Gasteiger partial charge is 0.433 e. The number of nitrogens with zero attached hydrogens (tertiary/aromatic N) is 3. The number of aryl methyl sites for hydroxylation is 1. The molecule has 0 unspecified atom stereocenters. The van der Waals surface area contributed by atoms with Crippen LogP contribution in [0.3, 0.4) is 0 Å². The van der Waals surface area contributed by atoms with Crippen molar-refractivity contribution >= 4 is 33.0 Å². The molecule has 2 aromatic heterocycles. The summed E-state index contributed by atoms with van der Waals surface area (Å²) in [6, 6.07) is 5.22. The Morgan fingerprint density at radius 2 is 1.92 bits per heavy atom. The van der Waals surface area contributed by atoms with Gasteiger partial charge in [-0.2, -0.15) is 17.5 Å². The fourth-order valence-corrected chi connectivity index (χ4v) is 5.37. The number of alkyl halides is 3. The van der Waals surface area contributed by atoms with Gasteiger partial charge in [-0.15, -0.1) is 11.3 Å². The SMILES string of the molecule is Cc1ccc(S(=O)(=O)N2CCN(c3ccnc(C(F)(F)F)c3)C(=O)C2)s1. The molecule has 0 radical (unpaired) electrons. The van der Waals surface area contributed by atoms with Gasteiger partial charge in [0.15, 0.2) is 0 Å². The number of anilines is 1. The molecule has 0 saturated carbocycles. The standard InChI is InChI=1S/C15H14F3N3O3S2/c1-10-2-3-14(25-10)26(23,24)20-6-7-21(13(22)9-20)11-4-5-19-12(8-11)15(16,17)18/h2-5,8H,6-7,9H2,1H3. The molecule has 1 saturated heterocycles. The van der Waals surface area contributed by atoms with Crippen molar-refractivity contribution in [1.82, 2.24) is 9.29 Å². The summed E-state index contributed by atoms with van der Waals surface area (Å²) in [6.07, 6.45) is -3.65. The number of rotatable bonds is 3. The number of pyridine rings is 1. The van der Waals surface area contributed by atoms with E-state index < -0.39 is 34.3 Å². The Morgan fingerprint density at radius 1 is 1.19 bits per heavy atom. The van der Waals surface area contributed by atoms with Gasteiger partial charge in [-0.05, 0) is 31.2 Å². The maximum absolute atomic E-state index is 12.8. The lowest BCUT2D eigenvalue weighted by molar-refractivity contribution is -0.141. The van der Waals surface area contributed by atoms with Crippen molar-refractivity contribution in [2.75, 3.05) is 24.5 Å². The average Bonchev–Trinajstić information content (AvgIpc) is 3.01. The summed E-state index contributed by atoms with van der Waals surface area (Å²) in [6.45, 7) is 1.30. The number of amides is 1. The van der Waals surface area contributed by atoms with Crippen LogP contribution in [-0.4, -0.2) is 43.2 Å². The number of thiophene rings is 1. The molecule has 6 nitrogen and oxygen atoms in total. The van der Waals surface area contributed by atoms with E-state index in [1.165, 1.54) is 12.1 Å². The topological polar surface area (TPSA) is 70.6 Å². The molecule has 0 bridgehead atoms. The Bertz CT molecular complexity index is 941. The number of hydrogen-bond acceptors (Lipinski definition) is 5. The van der Waals surface area contributed by atoms with E-state index in [2.05, 4.69) is 4.98 Å². The Morgan fingerprint density at radius 3 is 2.50 bits per heavy atom. The van der Waals surface area contributed by atoms with Crippen molar-refractivity contribution in [3.63, 3.8) is 0 Å². The van der Waals surface area contributed by atoms with Crippen molar-refractivity contribution in [1.29, 1.82) is 0 Å². The zero-order chi connectivity index (χ0) is 19.1.